The Labute approximate surface area is 288 Å². The molecule has 0 aliphatic carbocycles. The number of carbonyl (C=O) groups is 1. The number of hydrogen-bond donors (Lipinski definition) is 2. The third-order valence-corrected chi connectivity index (χ3v) is 9.14. The Bertz CT molecular complexity index is 1820. The van der Waals surface area contributed by atoms with Crippen molar-refractivity contribution < 1.29 is 32.2 Å². The van der Waals surface area contributed by atoms with Gasteiger partial charge in [-0.15, -0.1) is 0 Å². The van der Waals surface area contributed by atoms with Gasteiger partial charge in [-0.25, -0.2) is 4.68 Å². The van der Waals surface area contributed by atoms with Gasteiger partial charge in [-0.3, -0.25) is 4.79 Å². The van der Waals surface area contributed by atoms with Crippen LogP contribution in [0.3, 0.4) is 0 Å². The smallest absolute Gasteiger partial charge is 0.429 e. The number of nitrogens with one attached hydrogen (secondary N) is 1. The molecule has 0 bridgehead atoms. The molecule has 266 valence electrons. The van der Waals surface area contributed by atoms with Crippen molar-refractivity contribution in [3.63, 3.8) is 0 Å². The van der Waals surface area contributed by atoms with E-state index in [1.807, 2.05) is 43.0 Å². The van der Waals surface area contributed by atoms with Crippen molar-refractivity contribution in [2.75, 3.05) is 36.9 Å². The van der Waals surface area contributed by atoms with Crippen LogP contribution in [-0.4, -0.2) is 70.3 Å². The summed E-state index contributed by atoms with van der Waals surface area (Å²) >= 11 is 0. The quantitative estimate of drug-likeness (QED) is 0.185. The topological polar surface area (TPSA) is 130 Å². The summed E-state index contributed by atoms with van der Waals surface area (Å²) in [5.41, 5.74) is 8.09. The Morgan fingerprint density at radius 3 is 2.50 bits per heavy atom. The predicted molar refractivity (Wildman–Crippen MR) is 182 cm³/mol. The number of aromatic nitrogens is 4. The zero-order valence-electron chi connectivity index (χ0n) is 28.5. The van der Waals surface area contributed by atoms with Crippen LogP contribution in [-0.2, 0) is 9.53 Å². The normalized spacial score (nSPS) is 18.0. The number of esters is 1. The molecule has 4 aromatic rings. The molecule has 50 heavy (non-hydrogen) atoms. The number of nitrogens with zero attached hydrogens (tertiary/aromatic N) is 5. The monoisotopic (exact) mass is 693 g/mol. The summed E-state index contributed by atoms with van der Waals surface area (Å²) in [7, 11) is 0. The van der Waals surface area contributed by atoms with Crippen molar-refractivity contribution in [2.45, 2.75) is 71.4 Å². The Kier molecular flexibility index (Phi) is 9.92. The number of anilines is 2. The summed E-state index contributed by atoms with van der Waals surface area (Å²) in [4.78, 5) is 22.6. The lowest BCUT2D eigenvalue weighted by molar-refractivity contribution is -0.198. The Balaban J connectivity index is 1.27. The van der Waals surface area contributed by atoms with E-state index in [1.54, 1.807) is 38.2 Å². The number of aryl methyl sites for hydroxylation is 1. The summed E-state index contributed by atoms with van der Waals surface area (Å²) in [6.07, 6.45) is -3.48. The number of hydrogen-bond acceptors (Lipinski definition) is 10. The standard InChI is InChI=1S/C36H42F3N7O4/c1-5-48-33(47)28-20-35(21-41-28)12-15-45(16-13-35)30-19-31(43-34(40)42-30)50-32(36(37,38)39)27-10-9-25(18-29(27)46-14-11-23(4)44-46)24-7-6-8-26(17-24)49-22(2)3/h6-11,14,17-19,22,28,32,41H,5,12-13,15-16,20-21H2,1-4H3,(H2,40,42,43)/t28?,32-/m1/s1. The van der Waals surface area contributed by atoms with Crippen molar-refractivity contribution in [3.8, 4) is 28.4 Å². The second kappa shape index (κ2) is 14.2. The molecule has 2 saturated heterocycles. The lowest BCUT2D eigenvalue weighted by Gasteiger charge is -2.39. The Hall–Kier alpha value is -4.85. The van der Waals surface area contributed by atoms with Crippen LogP contribution in [0.2, 0.25) is 0 Å². The number of benzene rings is 2. The zero-order chi connectivity index (χ0) is 35.6. The first-order valence-corrected chi connectivity index (χ1v) is 16.8. The maximum absolute atomic E-state index is 15.0. The average Bonchev–Trinajstić information content (AvgIpc) is 3.69. The number of piperidine rings is 1. The van der Waals surface area contributed by atoms with Crippen LogP contribution in [0.5, 0.6) is 11.6 Å². The van der Waals surface area contributed by atoms with E-state index in [9.17, 15) is 18.0 Å². The fraction of sp³-hybridized carbons (Fsp3) is 0.444. The molecule has 2 aliphatic heterocycles. The van der Waals surface area contributed by atoms with Gasteiger partial charge in [0, 0.05) is 37.5 Å². The summed E-state index contributed by atoms with van der Waals surface area (Å²) < 4.78 is 63.0. The number of nitrogens with two attached hydrogens (primary N) is 1. The molecule has 1 unspecified atom stereocenters. The highest BCUT2D eigenvalue weighted by atomic mass is 19.4. The van der Waals surface area contributed by atoms with E-state index < -0.39 is 12.3 Å². The van der Waals surface area contributed by atoms with E-state index >= 15 is 0 Å². The van der Waals surface area contributed by atoms with Gasteiger partial charge in [0.2, 0.25) is 17.9 Å². The highest BCUT2D eigenvalue weighted by molar-refractivity contribution is 5.76. The maximum Gasteiger partial charge on any atom is 0.429 e. The van der Waals surface area contributed by atoms with Gasteiger partial charge in [0.05, 0.1) is 24.1 Å². The fourth-order valence-electron chi connectivity index (χ4n) is 6.71. The minimum Gasteiger partial charge on any atom is -0.491 e. The molecular formula is C36H42F3N7O4. The largest absolute Gasteiger partial charge is 0.491 e. The van der Waals surface area contributed by atoms with E-state index in [1.165, 1.54) is 16.8 Å². The van der Waals surface area contributed by atoms with Gasteiger partial charge in [-0.1, -0.05) is 24.3 Å². The highest BCUT2D eigenvalue weighted by Gasteiger charge is 2.46. The molecule has 0 radical (unpaired) electrons. The predicted octanol–water partition coefficient (Wildman–Crippen LogP) is 6.20. The molecule has 2 aliphatic rings. The molecule has 11 nitrogen and oxygen atoms in total. The minimum absolute atomic E-state index is 0.0435. The van der Waals surface area contributed by atoms with Crippen LogP contribution in [0.25, 0.3) is 16.8 Å². The van der Waals surface area contributed by atoms with Crippen LogP contribution in [0.1, 0.15) is 57.4 Å². The fourth-order valence-corrected chi connectivity index (χ4v) is 6.71. The lowest BCUT2D eigenvalue weighted by atomic mass is 9.76. The molecule has 6 rings (SSSR count). The maximum atomic E-state index is 15.0. The second-order valence-electron chi connectivity index (χ2n) is 13.2. The number of carbonyl (C=O) groups excluding carboxylic acids is 1. The van der Waals surface area contributed by atoms with Crippen LogP contribution in [0.4, 0.5) is 24.9 Å². The van der Waals surface area contributed by atoms with Crippen molar-refractivity contribution in [2.24, 2.45) is 5.41 Å². The molecular weight excluding hydrogens is 651 g/mol. The van der Waals surface area contributed by atoms with Gasteiger partial charge in [0.1, 0.15) is 17.6 Å². The van der Waals surface area contributed by atoms with Crippen molar-refractivity contribution in [1.82, 2.24) is 25.1 Å². The van der Waals surface area contributed by atoms with E-state index in [2.05, 4.69) is 20.4 Å². The number of halogens is 3. The zero-order valence-corrected chi connectivity index (χ0v) is 28.5. The summed E-state index contributed by atoms with van der Waals surface area (Å²) in [6.45, 7) is 9.54. The number of rotatable bonds is 10. The van der Waals surface area contributed by atoms with E-state index in [0.717, 1.165) is 18.4 Å². The summed E-state index contributed by atoms with van der Waals surface area (Å²) in [5.74, 6) is 0.271. The summed E-state index contributed by atoms with van der Waals surface area (Å²) in [5, 5.41) is 7.72. The molecule has 1 spiro atoms. The first-order valence-electron chi connectivity index (χ1n) is 16.8. The van der Waals surface area contributed by atoms with Crippen molar-refractivity contribution in [1.29, 1.82) is 0 Å². The van der Waals surface area contributed by atoms with E-state index in [-0.39, 0.29) is 46.6 Å². The second-order valence-corrected chi connectivity index (χ2v) is 13.2. The minimum atomic E-state index is -4.83. The SMILES string of the molecule is CCOC(=O)C1CC2(CCN(c3cc(O[C@H](c4ccc(-c5cccc(OC(C)C)c5)cc4-n4ccc(C)n4)C(F)(F)F)nc(N)n3)CC2)CN1. The Morgan fingerprint density at radius 1 is 1.06 bits per heavy atom. The first kappa shape index (κ1) is 35.0. The van der Waals surface area contributed by atoms with Crippen LogP contribution < -0.4 is 25.4 Å². The molecule has 0 saturated carbocycles. The molecule has 3 N–H and O–H groups in total. The molecule has 2 aromatic carbocycles. The molecule has 4 heterocycles. The lowest BCUT2D eigenvalue weighted by Crippen LogP contribution is -2.41. The molecule has 2 aromatic heterocycles. The number of alkyl halides is 3. The van der Waals surface area contributed by atoms with Gasteiger partial charge in [0.25, 0.3) is 0 Å². The van der Waals surface area contributed by atoms with Gasteiger partial charge in [-0.2, -0.15) is 28.2 Å². The van der Waals surface area contributed by atoms with Crippen LogP contribution in [0, 0.1) is 12.3 Å². The molecule has 0 amide bonds. The van der Waals surface area contributed by atoms with Gasteiger partial charge in [0.15, 0.2) is 0 Å². The third kappa shape index (κ3) is 7.80. The highest BCUT2D eigenvalue weighted by Crippen LogP contribution is 2.43. The number of nitrogen functional groups attached to an aromatic ring is 1. The van der Waals surface area contributed by atoms with Gasteiger partial charge in [-0.05, 0) is 87.8 Å². The average molecular weight is 694 g/mol. The van der Waals surface area contributed by atoms with Crippen LogP contribution in [0.15, 0.2) is 60.8 Å². The first-order chi connectivity index (χ1) is 23.8. The molecule has 14 heteroatoms. The van der Waals surface area contributed by atoms with Crippen LogP contribution >= 0.6 is 0 Å². The third-order valence-electron chi connectivity index (χ3n) is 9.14. The van der Waals surface area contributed by atoms with Crippen molar-refractivity contribution >= 4 is 17.7 Å². The Morgan fingerprint density at radius 2 is 1.82 bits per heavy atom. The van der Waals surface area contributed by atoms with Crippen molar-refractivity contribution in [3.05, 3.63) is 72.1 Å². The van der Waals surface area contributed by atoms with E-state index in [4.69, 9.17) is 19.9 Å². The molecule has 2 fully saturated rings. The van der Waals surface area contributed by atoms with E-state index in [0.29, 0.717) is 55.5 Å². The van der Waals surface area contributed by atoms with Gasteiger partial charge >= 0.3 is 12.1 Å². The molecule has 2 atom stereocenters. The number of ether oxygens (including phenoxy) is 3. The summed E-state index contributed by atoms with van der Waals surface area (Å²) in [6, 6.07) is 14.8. The van der Waals surface area contributed by atoms with Gasteiger partial charge < -0.3 is 30.2 Å².